The van der Waals surface area contributed by atoms with E-state index in [1.807, 2.05) is 45.0 Å². The first kappa shape index (κ1) is 15.2. The molecule has 1 aliphatic heterocycles. The highest BCUT2D eigenvalue weighted by Gasteiger charge is 2.21. The molecule has 5 heteroatoms. The van der Waals surface area contributed by atoms with Crippen molar-refractivity contribution < 1.29 is 4.79 Å². The first-order chi connectivity index (χ1) is 9.95. The molecular formula is C16H22N4O. The first-order valence-electron chi connectivity index (χ1n) is 7.22. The van der Waals surface area contributed by atoms with Crippen LogP contribution in [0.2, 0.25) is 0 Å². The lowest BCUT2D eigenvalue weighted by atomic mass is 9.91. The van der Waals surface area contributed by atoms with Crippen molar-refractivity contribution in [2.75, 3.05) is 11.9 Å². The van der Waals surface area contributed by atoms with Gasteiger partial charge in [0, 0.05) is 29.8 Å². The van der Waals surface area contributed by atoms with E-state index in [2.05, 4.69) is 15.3 Å². The summed E-state index contributed by atoms with van der Waals surface area (Å²) in [5.74, 6) is 0.798. The molecule has 0 saturated carbocycles. The maximum Gasteiger partial charge on any atom is 0.193 e. The summed E-state index contributed by atoms with van der Waals surface area (Å²) in [6.07, 6.45) is 0.576. The molecule has 1 heterocycles. The van der Waals surface area contributed by atoms with Crippen LogP contribution in [0.25, 0.3) is 0 Å². The number of carbonyl (C=O) groups is 1. The summed E-state index contributed by atoms with van der Waals surface area (Å²) >= 11 is 0. The minimum Gasteiger partial charge on any atom is -0.370 e. The van der Waals surface area contributed by atoms with Gasteiger partial charge in [0.15, 0.2) is 11.7 Å². The van der Waals surface area contributed by atoms with Crippen LogP contribution < -0.4 is 11.1 Å². The lowest BCUT2D eigenvalue weighted by Gasteiger charge is -2.19. The van der Waals surface area contributed by atoms with Crippen LogP contribution in [0.15, 0.2) is 34.3 Å². The molecule has 0 radical (unpaired) electrons. The number of anilines is 1. The number of nitrogens with two attached hydrogens (primary N) is 1. The summed E-state index contributed by atoms with van der Waals surface area (Å²) in [7, 11) is 0. The number of nitrogens with one attached hydrogen (secondary N) is 1. The number of nitrogens with zero attached hydrogens (tertiary/aromatic N) is 2. The minimum atomic E-state index is 0.159. The molecule has 3 N–H and O–H groups in total. The van der Waals surface area contributed by atoms with Gasteiger partial charge >= 0.3 is 0 Å². The lowest BCUT2D eigenvalue weighted by molar-refractivity contribution is -0.118. The Morgan fingerprint density at radius 2 is 2.05 bits per heavy atom. The van der Waals surface area contributed by atoms with Gasteiger partial charge in [-0.05, 0) is 31.5 Å². The topological polar surface area (TPSA) is 79.8 Å². The first-order valence-corrected chi connectivity index (χ1v) is 7.22. The van der Waals surface area contributed by atoms with Gasteiger partial charge < -0.3 is 11.1 Å². The van der Waals surface area contributed by atoms with E-state index < -0.39 is 0 Å². The molecule has 2 rings (SSSR count). The van der Waals surface area contributed by atoms with Crippen LogP contribution in [-0.4, -0.2) is 30.0 Å². The minimum absolute atomic E-state index is 0.159. The molecule has 1 aliphatic rings. The molecule has 1 aromatic carbocycles. The Bertz CT molecular complexity index is 572. The zero-order valence-corrected chi connectivity index (χ0v) is 12.8. The van der Waals surface area contributed by atoms with E-state index >= 15 is 0 Å². The average Bonchev–Trinajstić information content (AvgIpc) is 2.39. The van der Waals surface area contributed by atoms with Gasteiger partial charge in [-0.15, -0.1) is 0 Å². The molecule has 0 spiro atoms. The Labute approximate surface area is 125 Å². The summed E-state index contributed by atoms with van der Waals surface area (Å²) in [4.78, 5) is 20.0. The average molecular weight is 286 g/mol. The summed E-state index contributed by atoms with van der Waals surface area (Å²) < 4.78 is 0. The normalized spacial score (nSPS) is 19.6. The van der Waals surface area contributed by atoms with Crippen LogP contribution in [0.1, 0.15) is 32.8 Å². The maximum absolute atomic E-state index is 11.4. The zero-order chi connectivity index (χ0) is 15.4. The van der Waals surface area contributed by atoms with Crippen molar-refractivity contribution in [3.05, 3.63) is 29.8 Å². The molecule has 21 heavy (non-hydrogen) atoms. The number of hydrogen-bond donors (Lipinski definition) is 2. The number of aliphatic imine (C=N–C) groups is 2. The van der Waals surface area contributed by atoms with Crippen molar-refractivity contribution in [3.63, 3.8) is 0 Å². The smallest absolute Gasteiger partial charge is 0.193 e. The summed E-state index contributed by atoms with van der Waals surface area (Å²) in [5, 5.41) is 3.06. The fourth-order valence-electron chi connectivity index (χ4n) is 2.39. The highest BCUT2D eigenvalue weighted by Crippen LogP contribution is 2.19. The third-order valence-corrected chi connectivity index (χ3v) is 3.28. The van der Waals surface area contributed by atoms with Gasteiger partial charge in [0.1, 0.15) is 0 Å². The number of rotatable bonds is 3. The molecule has 0 saturated heterocycles. The fourth-order valence-corrected chi connectivity index (χ4v) is 2.39. The Balaban J connectivity index is 2.11. The van der Waals surface area contributed by atoms with Crippen molar-refractivity contribution in [3.8, 4) is 0 Å². The second kappa shape index (κ2) is 6.52. The monoisotopic (exact) mass is 286 g/mol. The van der Waals surface area contributed by atoms with E-state index in [9.17, 15) is 4.79 Å². The molecule has 1 atom stereocenters. The third kappa shape index (κ3) is 4.15. The molecule has 112 valence electrons. The Hall–Kier alpha value is -2.17. The van der Waals surface area contributed by atoms with E-state index in [0.717, 1.165) is 17.0 Å². The predicted molar refractivity (Wildman–Crippen MR) is 87.0 cm³/mol. The molecule has 5 nitrogen and oxygen atoms in total. The number of Topliss-reactive ketones (excluding diaryl/α,β-unsaturated/α-hetero) is 1. The van der Waals surface area contributed by atoms with E-state index in [0.29, 0.717) is 18.9 Å². The number of ketones is 1. The van der Waals surface area contributed by atoms with Crippen LogP contribution in [0.5, 0.6) is 0 Å². The largest absolute Gasteiger partial charge is 0.370 e. The number of benzene rings is 1. The summed E-state index contributed by atoms with van der Waals surface area (Å²) in [6, 6.07) is 8.05. The zero-order valence-electron chi connectivity index (χ0n) is 12.8. The molecule has 0 aliphatic carbocycles. The number of guanidine groups is 1. The molecule has 1 unspecified atom stereocenters. The summed E-state index contributed by atoms with van der Waals surface area (Å²) in [6.45, 7) is 6.28. The number of carbonyl (C=O) groups excluding carboxylic acids is 1. The van der Waals surface area contributed by atoms with E-state index in [1.54, 1.807) is 0 Å². The van der Waals surface area contributed by atoms with Gasteiger partial charge in [-0.2, -0.15) is 0 Å². The van der Waals surface area contributed by atoms with Gasteiger partial charge in [-0.3, -0.25) is 14.8 Å². The quantitative estimate of drug-likeness (QED) is 0.660. The van der Waals surface area contributed by atoms with E-state index in [4.69, 9.17) is 5.73 Å². The van der Waals surface area contributed by atoms with Crippen LogP contribution in [0.3, 0.4) is 0 Å². The molecular weight excluding hydrogens is 264 g/mol. The third-order valence-electron chi connectivity index (χ3n) is 3.28. The number of hydrogen-bond acceptors (Lipinski definition) is 3. The standard InChI is InChI=1S/C16H22N4O/c1-10(2)19-16(17)20-13-6-4-12(5-7-13)15-11(3)8-14(21)9-18-15/h4-7,10-11H,8-9H2,1-3H3,(H3,17,19,20). The van der Waals surface area contributed by atoms with Crippen molar-refractivity contribution in [1.29, 1.82) is 0 Å². The van der Waals surface area contributed by atoms with Gasteiger partial charge in [-0.25, -0.2) is 0 Å². The molecule has 1 aromatic rings. The Morgan fingerprint density at radius 1 is 1.38 bits per heavy atom. The second-order valence-electron chi connectivity index (χ2n) is 5.66. The van der Waals surface area contributed by atoms with Gasteiger partial charge in [0.05, 0.1) is 6.54 Å². The summed E-state index contributed by atoms with van der Waals surface area (Å²) in [5.41, 5.74) is 8.75. The predicted octanol–water partition coefficient (Wildman–Crippen LogP) is 2.22. The van der Waals surface area contributed by atoms with Crippen LogP contribution in [-0.2, 0) is 4.79 Å². The molecule has 0 fully saturated rings. The fraction of sp³-hybridized carbons (Fsp3) is 0.438. The highest BCUT2D eigenvalue weighted by atomic mass is 16.1. The highest BCUT2D eigenvalue weighted by molar-refractivity contribution is 6.07. The SMILES string of the molecule is CC(C)N=C(N)Nc1ccc(C2=NCC(=O)CC2C)cc1. The van der Waals surface area contributed by atoms with Crippen molar-refractivity contribution in [2.24, 2.45) is 21.6 Å². The molecule has 0 bridgehead atoms. The van der Waals surface area contributed by atoms with Gasteiger partial charge in [0.2, 0.25) is 0 Å². The Kier molecular flexibility index (Phi) is 4.73. The molecule has 0 amide bonds. The van der Waals surface area contributed by atoms with Crippen molar-refractivity contribution >= 4 is 23.1 Å². The van der Waals surface area contributed by atoms with Crippen molar-refractivity contribution in [1.82, 2.24) is 0 Å². The van der Waals surface area contributed by atoms with Crippen LogP contribution in [0.4, 0.5) is 5.69 Å². The maximum atomic E-state index is 11.4. The van der Waals surface area contributed by atoms with Crippen LogP contribution >= 0.6 is 0 Å². The van der Waals surface area contributed by atoms with E-state index in [1.165, 1.54) is 0 Å². The van der Waals surface area contributed by atoms with E-state index in [-0.39, 0.29) is 17.7 Å². The Morgan fingerprint density at radius 3 is 2.62 bits per heavy atom. The van der Waals surface area contributed by atoms with Crippen LogP contribution in [0, 0.1) is 5.92 Å². The van der Waals surface area contributed by atoms with Crippen molar-refractivity contribution in [2.45, 2.75) is 33.2 Å². The lowest BCUT2D eigenvalue weighted by Crippen LogP contribution is -2.25. The van der Waals surface area contributed by atoms with Gasteiger partial charge in [0.25, 0.3) is 0 Å². The van der Waals surface area contributed by atoms with Gasteiger partial charge in [-0.1, -0.05) is 19.1 Å². The second-order valence-corrected chi connectivity index (χ2v) is 5.66. The molecule has 0 aromatic heterocycles.